The molecule has 0 aromatic heterocycles. The first-order valence-corrected chi connectivity index (χ1v) is 13.2. The number of benzene rings is 4. The van der Waals surface area contributed by atoms with E-state index >= 15 is 0 Å². The van der Waals surface area contributed by atoms with Gasteiger partial charge < -0.3 is 4.74 Å². The van der Waals surface area contributed by atoms with Gasteiger partial charge in [0.1, 0.15) is 0 Å². The molecule has 0 unspecified atom stereocenters. The predicted octanol–water partition coefficient (Wildman–Crippen LogP) is 6.40. The number of esters is 1. The molecule has 4 rings (SSSR count). The van der Waals surface area contributed by atoms with Crippen molar-refractivity contribution in [2.75, 3.05) is 0 Å². The van der Waals surface area contributed by atoms with Crippen molar-refractivity contribution in [3.63, 3.8) is 0 Å². The van der Waals surface area contributed by atoms with Crippen LogP contribution in [0.1, 0.15) is 43.5 Å². The third-order valence-corrected chi connectivity index (χ3v) is 7.58. The molecule has 0 aliphatic rings. The van der Waals surface area contributed by atoms with E-state index in [0.29, 0.717) is 21.7 Å². The lowest BCUT2D eigenvalue weighted by Crippen LogP contribution is -2.20. The summed E-state index contributed by atoms with van der Waals surface area (Å²) in [4.78, 5) is 26.4. The molecule has 0 amide bonds. The smallest absolute Gasteiger partial charge is 0.339 e. The minimum Gasteiger partial charge on any atom is -0.445 e. The number of Topliss-reactive ketones (excluding diaryl/α,β-unsaturated/α-hetero) is 1. The summed E-state index contributed by atoms with van der Waals surface area (Å²) in [5, 5.41) is 0.490. The van der Waals surface area contributed by atoms with Gasteiger partial charge in [0.15, 0.2) is 15.9 Å². The molecular weight excluding hydrogens is 496 g/mol. The fourth-order valence-corrected chi connectivity index (χ4v) is 5.10. The number of aryl methyl sites for hydroxylation is 1. The first-order chi connectivity index (χ1) is 17.2. The molecule has 0 fully saturated rings. The predicted molar refractivity (Wildman–Crippen MR) is 139 cm³/mol. The molecule has 0 radical (unpaired) electrons. The van der Waals surface area contributed by atoms with Crippen molar-refractivity contribution in [1.82, 2.24) is 0 Å². The van der Waals surface area contributed by atoms with E-state index in [9.17, 15) is 18.0 Å². The number of rotatable bonds is 8. The van der Waals surface area contributed by atoms with Crippen LogP contribution in [0.5, 0.6) is 0 Å². The largest absolute Gasteiger partial charge is 0.445 e. The number of hydrogen-bond donors (Lipinski definition) is 0. The van der Waals surface area contributed by atoms with Crippen molar-refractivity contribution in [1.29, 1.82) is 0 Å². The number of halogens is 1. The maximum Gasteiger partial charge on any atom is 0.339 e. The molecule has 0 aliphatic heterocycles. The number of sulfone groups is 1. The van der Waals surface area contributed by atoms with Gasteiger partial charge in [-0.05, 0) is 61.0 Å². The fraction of sp³-hybridized carbons (Fsp3) is 0.103. The maximum absolute atomic E-state index is 13.2. The Balaban J connectivity index is 1.52. The van der Waals surface area contributed by atoms with E-state index in [1.807, 2.05) is 6.92 Å². The number of carbonyl (C=O) groups excluding carboxylic acids is 2. The highest BCUT2D eigenvalue weighted by Gasteiger charge is 2.27. The van der Waals surface area contributed by atoms with E-state index in [2.05, 4.69) is 0 Å². The van der Waals surface area contributed by atoms with Gasteiger partial charge in [0.25, 0.3) is 0 Å². The second-order valence-electron chi connectivity index (χ2n) is 8.34. The summed E-state index contributed by atoms with van der Waals surface area (Å²) in [6, 6.07) is 27.9. The SMILES string of the molecule is Cc1ccc(S(=O)(=O)Cc2ccc(C(=O)O[C@H](C(=O)c3ccc(Cl)cc3)c3ccccc3)cc2)cc1. The van der Waals surface area contributed by atoms with Crippen LogP contribution >= 0.6 is 11.6 Å². The second-order valence-corrected chi connectivity index (χ2v) is 10.8. The van der Waals surface area contributed by atoms with E-state index in [1.165, 1.54) is 12.1 Å². The number of carbonyl (C=O) groups is 2. The highest BCUT2D eigenvalue weighted by atomic mass is 35.5. The van der Waals surface area contributed by atoms with Gasteiger partial charge in [-0.3, -0.25) is 4.79 Å². The maximum atomic E-state index is 13.2. The lowest BCUT2D eigenvalue weighted by atomic mass is 9.99. The lowest BCUT2D eigenvalue weighted by Gasteiger charge is -2.18. The van der Waals surface area contributed by atoms with Crippen LogP contribution in [0.3, 0.4) is 0 Å². The van der Waals surface area contributed by atoms with Gasteiger partial charge in [-0.15, -0.1) is 0 Å². The Morgan fingerprint density at radius 2 is 1.36 bits per heavy atom. The Hall–Kier alpha value is -3.74. The molecule has 4 aromatic carbocycles. The summed E-state index contributed by atoms with van der Waals surface area (Å²) in [5.41, 5.74) is 2.60. The molecule has 0 bridgehead atoms. The molecule has 0 aliphatic carbocycles. The number of ether oxygens (including phenoxy) is 1. The summed E-state index contributed by atoms with van der Waals surface area (Å²) >= 11 is 5.94. The highest BCUT2D eigenvalue weighted by molar-refractivity contribution is 7.90. The van der Waals surface area contributed by atoms with Crippen LogP contribution in [0.4, 0.5) is 0 Å². The minimum atomic E-state index is -3.53. The summed E-state index contributed by atoms with van der Waals surface area (Å²) < 4.78 is 31.1. The topological polar surface area (TPSA) is 77.5 Å². The van der Waals surface area contributed by atoms with Gasteiger partial charge in [-0.1, -0.05) is 71.8 Å². The van der Waals surface area contributed by atoms with Gasteiger partial charge in [-0.25, -0.2) is 13.2 Å². The minimum absolute atomic E-state index is 0.201. The second kappa shape index (κ2) is 10.9. The van der Waals surface area contributed by atoms with Crippen LogP contribution in [0.2, 0.25) is 5.02 Å². The van der Waals surface area contributed by atoms with Crippen molar-refractivity contribution in [2.24, 2.45) is 0 Å². The number of ketones is 1. The van der Waals surface area contributed by atoms with Crippen LogP contribution in [0.15, 0.2) is 108 Å². The third kappa shape index (κ3) is 6.08. The molecule has 7 heteroatoms. The quantitative estimate of drug-likeness (QED) is 0.199. The van der Waals surface area contributed by atoms with Gasteiger partial charge in [0, 0.05) is 16.1 Å². The van der Waals surface area contributed by atoms with E-state index in [4.69, 9.17) is 16.3 Å². The fourth-order valence-electron chi connectivity index (χ4n) is 3.63. The molecule has 1 atom stereocenters. The van der Waals surface area contributed by atoms with Crippen LogP contribution in [0.25, 0.3) is 0 Å². The Bertz CT molecular complexity index is 1460. The lowest BCUT2D eigenvalue weighted by molar-refractivity contribution is 0.0280. The molecule has 0 N–H and O–H groups in total. The first kappa shape index (κ1) is 25.4. The third-order valence-electron chi connectivity index (χ3n) is 5.62. The van der Waals surface area contributed by atoms with E-state index < -0.39 is 21.9 Å². The first-order valence-electron chi connectivity index (χ1n) is 11.2. The Labute approximate surface area is 215 Å². The molecule has 36 heavy (non-hydrogen) atoms. The van der Waals surface area contributed by atoms with Crippen molar-refractivity contribution in [3.8, 4) is 0 Å². The summed E-state index contributed by atoms with van der Waals surface area (Å²) in [7, 11) is -3.53. The van der Waals surface area contributed by atoms with Crippen molar-refractivity contribution in [3.05, 3.63) is 136 Å². The van der Waals surface area contributed by atoms with Gasteiger partial charge >= 0.3 is 5.97 Å². The zero-order valence-corrected chi connectivity index (χ0v) is 21.0. The van der Waals surface area contributed by atoms with Crippen LogP contribution in [-0.2, 0) is 20.3 Å². The average molecular weight is 519 g/mol. The summed E-state index contributed by atoms with van der Waals surface area (Å²) in [6.07, 6.45) is -1.15. The molecule has 182 valence electrons. The zero-order chi connectivity index (χ0) is 25.7. The molecular formula is C29H23ClO5S. The standard InChI is InChI=1S/C29H23ClO5S/c1-20-7-17-26(18-8-20)36(33,34)19-21-9-11-24(12-10-21)29(32)35-28(23-5-3-2-4-6-23)27(31)22-13-15-25(30)16-14-22/h2-18,28H,19H2,1H3/t28-/m0/s1. The van der Waals surface area contributed by atoms with E-state index in [-0.39, 0.29) is 22.0 Å². The molecule has 0 saturated carbocycles. The Morgan fingerprint density at radius 1 is 0.778 bits per heavy atom. The molecule has 5 nitrogen and oxygen atoms in total. The van der Waals surface area contributed by atoms with Crippen LogP contribution < -0.4 is 0 Å². The van der Waals surface area contributed by atoms with E-state index in [1.54, 1.807) is 91.0 Å². The van der Waals surface area contributed by atoms with Crippen molar-refractivity contribution < 1.29 is 22.7 Å². The van der Waals surface area contributed by atoms with Crippen molar-refractivity contribution in [2.45, 2.75) is 23.7 Å². The highest BCUT2D eigenvalue weighted by Crippen LogP contribution is 2.25. The summed E-state index contributed by atoms with van der Waals surface area (Å²) in [5.74, 6) is -1.28. The molecule has 4 aromatic rings. The number of hydrogen-bond acceptors (Lipinski definition) is 5. The van der Waals surface area contributed by atoms with Gasteiger partial charge in [0.2, 0.25) is 5.78 Å². The molecule has 0 saturated heterocycles. The molecule has 0 heterocycles. The van der Waals surface area contributed by atoms with Gasteiger partial charge in [0.05, 0.1) is 16.2 Å². The van der Waals surface area contributed by atoms with Crippen LogP contribution in [0, 0.1) is 6.92 Å². The van der Waals surface area contributed by atoms with E-state index in [0.717, 1.165) is 5.56 Å². The van der Waals surface area contributed by atoms with Crippen molar-refractivity contribution >= 4 is 33.2 Å². The molecule has 0 spiro atoms. The average Bonchev–Trinajstić information content (AvgIpc) is 2.88. The van der Waals surface area contributed by atoms with Gasteiger partial charge in [-0.2, -0.15) is 0 Å². The Morgan fingerprint density at radius 3 is 1.97 bits per heavy atom. The van der Waals surface area contributed by atoms with Crippen LogP contribution in [-0.4, -0.2) is 20.2 Å². The Kier molecular flexibility index (Phi) is 7.67. The summed E-state index contributed by atoms with van der Waals surface area (Å²) in [6.45, 7) is 1.89. The normalized spacial score (nSPS) is 12.1. The zero-order valence-electron chi connectivity index (χ0n) is 19.4. The monoisotopic (exact) mass is 518 g/mol.